The van der Waals surface area contributed by atoms with E-state index in [4.69, 9.17) is 16.3 Å². The van der Waals surface area contributed by atoms with E-state index in [0.29, 0.717) is 36.6 Å². The predicted octanol–water partition coefficient (Wildman–Crippen LogP) is 4.87. The lowest BCUT2D eigenvalue weighted by Crippen LogP contribution is -2.02. The van der Waals surface area contributed by atoms with Crippen LogP contribution in [0.4, 0.5) is 13.2 Å². The highest BCUT2D eigenvalue weighted by molar-refractivity contribution is 8.00. The highest BCUT2D eigenvalue weighted by Gasteiger charge is 2.30. The molecule has 102 valence electrons. The van der Waals surface area contributed by atoms with Gasteiger partial charge in [-0.25, -0.2) is 0 Å². The Labute approximate surface area is 114 Å². The quantitative estimate of drug-likeness (QED) is 0.547. The van der Waals surface area contributed by atoms with Crippen molar-refractivity contribution in [3.05, 3.63) is 23.8 Å². The molecule has 0 aliphatic carbocycles. The van der Waals surface area contributed by atoms with Gasteiger partial charge in [0.15, 0.2) is 0 Å². The molecule has 0 saturated carbocycles. The van der Waals surface area contributed by atoms with Gasteiger partial charge in [0.05, 0.1) is 6.61 Å². The Morgan fingerprint density at radius 1 is 1.33 bits per heavy atom. The maximum atomic E-state index is 12.4. The molecule has 0 saturated heterocycles. The molecule has 1 rings (SSSR count). The molecule has 0 fully saturated rings. The van der Waals surface area contributed by atoms with E-state index in [1.54, 1.807) is 12.1 Å². The first kappa shape index (κ1) is 15.5. The van der Waals surface area contributed by atoms with Crippen molar-refractivity contribution in [3.8, 4) is 5.75 Å². The maximum absolute atomic E-state index is 12.4. The largest absolute Gasteiger partial charge is 0.494 e. The van der Waals surface area contributed by atoms with Crippen LogP contribution in [0, 0.1) is 0 Å². The monoisotopic (exact) mass is 298 g/mol. The molecule has 0 spiro atoms. The highest BCUT2D eigenvalue weighted by Crippen LogP contribution is 2.39. The molecule has 0 aliphatic rings. The second-order valence-electron chi connectivity index (χ2n) is 3.54. The van der Waals surface area contributed by atoms with Crippen LogP contribution >= 0.6 is 23.4 Å². The molecule has 1 aromatic rings. The first-order valence-corrected chi connectivity index (χ1v) is 6.88. The molecule has 0 heterocycles. The Balaban J connectivity index is 2.92. The van der Waals surface area contributed by atoms with Crippen LogP contribution in [0.5, 0.6) is 5.75 Å². The Morgan fingerprint density at radius 3 is 2.61 bits per heavy atom. The molecular formula is C12H14ClF3OS. The van der Waals surface area contributed by atoms with E-state index >= 15 is 0 Å². The third-order valence-electron chi connectivity index (χ3n) is 2.15. The second-order valence-corrected chi connectivity index (χ2v) is 5.03. The summed E-state index contributed by atoms with van der Waals surface area (Å²) >= 11 is 5.48. The summed E-state index contributed by atoms with van der Waals surface area (Å²) in [5, 5.41) is 0. The molecule has 0 N–H and O–H groups in total. The molecule has 0 bridgehead atoms. The number of alkyl halides is 4. The first-order valence-electron chi connectivity index (χ1n) is 5.53. The average molecular weight is 299 g/mol. The lowest BCUT2D eigenvalue weighted by molar-refractivity contribution is -0.0328. The molecule has 0 amide bonds. The first-order chi connectivity index (χ1) is 8.46. The lowest BCUT2D eigenvalue weighted by Gasteiger charge is -2.13. The van der Waals surface area contributed by atoms with Crippen molar-refractivity contribution < 1.29 is 17.9 Å². The minimum absolute atomic E-state index is 0.0940. The summed E-state index contributed by atoms with van der Waals surface area (Å²) in [6, 6.07) is 4.67. The van der Waals surface area contributed by atoms with Gasteiger partial charge in [-0.3, -0.25) is 0 Å². The molecular weight excluding hydrogens is 285 g/mol. The third kappa shape index (κ3) is 5.40. The second kappa shape index (κ2) is 7.14. The van der Waals surface area contributed by atoms with Crippen molar-refractivity contribution in [1.82, 2.24) is 0 Å². The van der Waals surface area contributed by atoms with Gasteiger partial charge in [0, 0.05) is 10.8 Å². The van der Waals surface area contributed by atoms with Gasteiger partial charge in [-0.1, -0.05) is 0 Å². The average Bonchev–Trinajstić information content (AvgIpc) is 2.28. The number of rotatable bonds is 6. The summed E-state index contributed by atoms with van der Waals surface area (Å²) in [6.45, 7) is 2.32. The van der Waals surface area contributed by atoms with Crippen molar-refractivity contribution in [2.75, 3.05) is 12.5 Å². The van der Waals surface area contributed by atoms with Crippen LogP contribution in [0.1, 0.15) is 18.9 Å². The van der Waals surface area contributed by atoms with E-state index in [2.05, 4.69) is 0 Å². The van der Waals surface area contributed by atoms with Crippen molar-refractivity contribution >= 4 is 23.4 Å². The van der Waals surface area contributed by atoms with Gasteiger partial charge >= 0.3 is 5.51 Å². The summed E-state index contributed by atoms with van der Waals surface area (Å²) in [4.78, 5) is 0.219. The van der Waals surface area contributed by atoms with Crippen molar-refractivity contribution in [3.63, 3.8) is 0 Å². The van der Waals surface area contributed by atoms with Crippen molar-refractivity contribution in [2.45, 2.75) is 30.2 Å². The summed E-state index contributed by atoms with van der Waals surface area (Å²) < 4.78 is 42.5. The molecule has 1 nitrogen and oxygen atoms in total. The van der Waals surface area contributed by atoms with E-state index in [1.807, 2.05) is 6.92 Å². The van der Waals surface area contributed by atoms with Crippen molar-refractivity contribution in [1.29, 1.82) is 0 Å². The Morgan fingerprint density at radius 2 is 2.06 bits per heavy atom. The molecule has 0 aromatic heterocycles. The standard InChI is InChI=1S/C12H14ClF3OS/c1-2-17-10-5-6-11(18-12(14,15)16)9(8-10)4-3-7-13/h5-6,8H,2-4,7H2,1H3. The summed E-state index contributed by atoms with van der Waals surface area (Å²) in [7, 11) is 0. The number of aryl methyl sites for hydroxylation is 1. The van der Waals surface area contributed by atoms with Crippen LogP contribution < -0.4 is 4.74 Å². The molecule has 18 heavy (non-hydrogen) atoms. The molecule has 6 heteroatoms. The zero-order valence-electron chi connectivity index (χ0n) is 9.89. The molecule has 0 radical (unpaired) electrons. The van der Waals surface area contributed by atoms with E-state index in [1.165, 1.54) is 6.07 Å². The van der Waals surface area contributed by atoms with Gasteiger partial charge in [0.1, 0.15) is 5.75 Å². The van der Waals surface area contributed by atoms with Gasteiger partial charge in [0.25, 0.3) is 0 Å². The zero-order chi connectivity index (χ0) is 13.6. The smallest absolute Gasteiger partial charge is 0.446 e. The van der Waals surface area contributed by atoms with E-state index in [-0.39, 0.29) is 16.7 Å². The molecule has 0 aliphatic heterocycles. The van der Waals surface area contributed by atoms with Crippen molar-refractivity contribution in [2.24, 2.45) is 0 Å². The van der Waals surface area contributed by atoms with E-state index < -0.39 is 5.51 Å². The Hall–Kier alpha value is -0.550. The summed E-state index contributed by atoms with van der Waals surface area (Å²) in [6.07, 6.45) is 1.16. The van der Waals surface area contributed by atoms with Gasteiger partial charge in [-0.05, 0) is 55.3 Å². The molecule has 0 unspecified atom stereocenters. The molecule has 1 aromatic carbocycles. The Kier molecular flexibility index (Phi) is 6.15. The fourth-order valence-electron chi connectivity index (χ4n) is 1.49. The topological polar surface area (TPSA) is 9.23 Å². The number of thioether (sulfide) groups is 1. The van der Waals surface area contributed by atoms with Gasteiger partial charge in [-0.2, -0.15) is 13.2 Å². The van der Waals surface area contributed by atoms with Gasteiger partial charge < -0.3 is 4.74 Å². The minimum atomic E-state index is -4.27. The third-order valence-corrected chi connectivity index (χ3v) is 3.27. The summed E-state index contributed by atoms with van der Waals surface area (Å²) in [5.74, 6) is 1.02. The highest BCUT2D eigenvalue weighted by atomic mass is 35.5. The van der Waals surface area contributed by atoms with Crippen LogP contribution in [0.2, 0.25) is 0 Å². The minimum Gasteiger partial charge on any atom is -0.494 e. The lowest BCUT2D eigenvalue weighted by atomic mass is 10.1. The zero-order valence-corrected chi connectivity index (χ0v) is 11.5. The summed E-state index contributed by atoms with van der Waals surface area (Å²) in [5.41, 5.74) is -3.65. The number of hydrogen-bond acceptors (Lipinski definition) is 2. The molecule has 0 atom stereocenters. The fraction of sp³-hybridized carbons (Fsp3) is 0.500. The number of halogens is 4. The number of benzene rings is 1. The van der Waals surface area contributed by atoms with Gasteiger partial charge in [0.2, 0.25) is 0 Å². The number of ether oxygens (including phenoxy) is 1. The van der Waals surface area contributed by atoms with Crippen LogP contribution in [0.15, 0.2) is 23.1 Å². The maximum Gasteiger partial charge on any atom is 0.446 e. The number of hydrogen-bond donors (Lipinski definition) is 0. The Bertz CT molecular complexity index is 382. The normalized spacial score (nSPS) is 11.6. The van der Waals surface area contributed by atoms with Crippen LogP contribution in [-0.2, 0) is 6.42 Å². The van der Waals surface area contributed by atoms with Gasteiger partial charge in [-0.15, -0.1) is 11.6 Å². The van der Waals surface area contributed by atoms with E-state index in [9.17, 15) is 13.2 Å². The van der Waals surface area contributed by atoms with Crippen LogP contribution in [0.25, 0.3) is 0 Å². The predicted molar refractivity (Wildman–Crippen MR) is 68.6 cm³/mol. The van der Waals surface area contributed by atoms with Crippen LogP contribution in [-0.4, -0.2) is 18.0 Å². The van der Waals surface area contributed by atoms with E-state index in [0.717, 1.165) is 0 Å². The SMILES string of the molecule is CCOc1ccc(SC(F)(F)F)c(CCCCl)c1. The fourth-order valence-corrected chi connectivity index (χ4v) is 2.30. The van der Waals surface area contributed by atoms with Crippen LogP contribution in [0.3, 0.4) is 0 Å².